The second-order valence-corrected chi connectivity index (χ2v) is 4.98. The van der Waals surface area contributed by atoms with Crippen molar-refractivity contribution in [3.05, 3.63) is 30.1 Å². The predicted octanol–water partition coefficient (Wildman–Crippen LogP) is 3.96. The molecule has 0 saturated heterocycles. The minimum absolute atomic E-state index is 0.321. The van der Waals surface area contributed by atoms with E-state index in [1.807, 2.05) is 6.92 Å². The van der Waals surface area contributed by atoms with Gasteiger partial charge in [-0.3, -0.25) is 0 Å². The Hall–Kier alpha value is -1.56. The lowest BCUT2D eigenvalue weighted by atomic mass is 9.93. The van der Waals surface area contributed by atoms with E-state index in [9.17, 15) is 9.65 Å². The van der Waals surface area contributed by atoms with Crippen LogP contribution in [-0.4, -0.2) is 5.54 Å². The number of hydrogen-bond donors (Lipinski definition) is 1. The van der Waals surface area contributed by atoms with Crippen LogP contribution in [0.2, 0.25) is 0 Å². The van der Waals surface area contributed by atoms with Crippen molar-refractivity contribution in [2.75, 3.05) is 5.32 Å². The molecule has 1 aromatic carbocycles. The molecule has 0 spiro atoms. The molecule has 0 heterocycles. The van der Waals surface area contributed by atoms with Gasteiger partial charge in [0, 0.05) is 0 Å². The largest absolute Gasteiger partial charge is 0.365 e. The maximum absolute atomic E-state index is 13.5. The molecule has 1 aromatic rings. The van der Waals surface area contributed by atoms with Gasteiger partial charge in [0.15, 0.2) is 0 Å². The zero-order valence-corrected chi connectivity index (χ0v) is 10.6. The summed E-state index contributed by atoms with van der Waals surface area (Å²) in [7, 11) is 0. The lowest BCUT2D eigenvalue weighted by Gasteiger charge is -2.25. The van der Waals surface area contributed by atoms with Crippen LogP contribution in [0.5, 0.6) is 0 Å². The molecule has 1 unspecified atom stereocenters. The number of hydrogen-bond acceptors (Lipinski definition) is 2. The number of rotatable bonds is 5. The highest BCUT2D eigenvalue weighted by molar-refractivity contribution is 5.48. The van der Waals surface area contributed by atoms with Crippen LogP contribution in [0.4, 0.5) is 10.1 Å². The second-order valence-electron chi connectivity index (χ2n) is 4.98. The Morgan fingerprint density at radius 3 is 2.59 bits per heavy atom. The second kappa shape index (κ2) is 5.67. The van der Waals surface area contributed by atoms with Crippen LogP contribution < -0.4 is 5.32 Å². The first-order valence-electron chi connectivity index (χ1n) is 5.91. The summed E-state index contributed by atoms with van der Waals surface area (Å²) >= 11 is 0. The zero-order valence-electron chi connectivity index (χ0n) is 10.6. The van der Waals surface area contributed by atoms with Gasteiger partial charge in [-0.1, -0.05) is 26.0 Å². The highest BCUT2D eigenvalue weighted by Gasteiger charge is 2.24. The standard InChI is InChI=1S/C14H19FN2/c1-11(2)8-9-14(3,10-16)17-13-7-5-4-6-12(13)15/h4-7,11,17H,8-9H2,1-3H3. The summed E-state index contributed by atoms with van der Waals surface area (Å²) in [6.45, 7) is 6.03. The van der Waals surface area contributed by atoms with Crippen LogP contribution in [0.3, 0.4) is 0 Å². The fourth-order valence-electron chi connectivity index (χ4n) is 1.58. The van der Waals surface area contributed by atoms with E-state index in [2.05, 4.69) is 25.2 Å². The van der Waals surface area contributed by atoms with Gasteiger partial charge in [0.05, 0.1) is 11.8 Å². The first kappa shape index (κ1) is 13.5. The topological polar surface area (TPSA) is 35.8 Å². The lowest BCUT2D eigenvalue weighted by molar-refractivity contribution is 0.477. The summed E-state index contributed by atoms with van der Waals surface area (Å²) in [6.07, 6.45) is 1.64. The number of para-hydroxylation sites is 1. The van der Waals surface area contributed by atoms with Gasteiger partial charge < -0.3 is 5.32 Å². The quantitative estimate of drug-likeness (QED) is 0.837. The first-order chi connectivity index (χ1) is 7.97. The summed E-state index contributed by atoms with van der Waals surface area (Å²) in [4.78, 5) is 0. The third kappa shape index (κ3) is 4.07. The Balaban J connectivity index is 2.76. The molecule has 0 saturated carbocycles. The molecule has 2 nitrogen and oxygen atoms in total. The average Bonchev–Trinajstić information content (AvgIpc) is 2.30. The molecular formula is C14H19FN2. The SMILES string of the molecule is CC(C)CCC(C)(C#N)Nc1ccccc1F. The van der Waals surface area contributed by atoms with Crippen molar-refractivity contribution in [2.45, 2.75) is 39.2 Å². The monoisotopic (exact) mass is 234 g/mol. The van der Waals surface area contributed by atoms with Crippen molar-refractivity contribution in [1.29, 1.82) is 5.26 Å². The predicted molar refractivity (Wildman–Crippen MR) is 68.1 cm³/mol. The molecule has 0 amide bonds. The van der Waals surface area contributed by atoms with Gasteiger partial charge in [0.2, 0.25) is 0 Å². The van der Waals surface area contributed by atoms with Crippen molar-refractivity contribution in [2.24, 2.45) is 5.92 Å². The maximum atomic E-state index is 13.5. The number of nitriles is 1. The van der Waals surface area contributed by atoms with E-state index < -0.39 is 5.54 Å². The molecule has 0 radical (unpaired) electrons. The number of nitrogens with zero attached hydrogens (tertiary/aromatic N) is 1. The average molecular weight is 234 g/mol. The molecule has 1 atom stereocenters. The van der Waals surface area contributed by atoms with E-state index in [-0.39, 0.29) is 5.82 Å². The number of nitrogens with one attached hydrogen (secondary N) is 1. The molecule has 0 bridgehead atoms. The lowest BCUT2D eigenvalue weighted by Crippen LogP contribution is -2.33. The van der Waals surface area contributed by atoms with E-state index in [4.69, 9.17) is 0 Å². The van der Waals surface area contributed by atoms with Crippen LogP contribution in [0.25, 0.3) is 0 Å². The van der Waals surface area contributed by atoms with Gasteiger partial charge >= 0.3 is 0 Å². The van der Waals surface area contributed by atoms with Crippen molar-refractivity contribution in [3.63, 3.8) is 0 Å². The fourth-order valence-corrected chi connectivity index (χ4v) is 1.58. The number of anilines is 1. The maximum Gasteiger partial charge on any atom is 0.146 e. The van der Waals surface area contributed by atoms with Gasteiger partial charge in [-0.05, 0) is 37.8 Å². The van der Waals surface area contributed by atoms with Crippen LogP contribution in [-0.2, 0) is 0 Å². The molecule has 0 aliphatic heterocycles. The molecule has 3 heteroatoms. The Morgan fingerprint density at radius 1 is 1.41 bits per heavy atom. The minimum atomic E-state index is -0.716. The molecule has 0 aliphatic rings. The molecule has 1 N–H and O–H groups in total. The van der Waals surface area contributed by atoms with Crippen molar-refractivity contribution < 1.29 is 4.39 Å². The Morgan fingerprint density at radius 2 is 2.06 bits per heavy atom. The van der Waals surface area contributed by atoms with Gasteiger partial charge in [0.25, 0.3) is 0 Å². The first-order valence-corrected chi connectivity index (χ1v) is 5.91. The van der Waals surface area contributed by atoms with E-state index >= 15 is 0 Å². The molecule has 0 aromatic heterocycles. The van der Waals surface area contributed by atoms with Gasteiger partial charge in [-0.25, -0.2) is 4.39 Å². The van der Waals surface area contributed by atoms with Crippen LogP contribution >= 0.6 is 0 Å². The summed E-state index contributed by atoms with van der Waals surface area (Å²) < 4.78 is 13.5. The summed E-state index contributed by atoms with van der Waals surface area (Å²) in [5.74, 6) is 0.212. The summed E-state index contributed by atoms with van der Waals surface area (Å²) in [5, 5.41) is 12.2. The Bertz CT molecular complexity index is 409. The van der Waals surface area contributed by atoms with E-state index in [0.29, 0.717) is 18.0 Å². The van der Waals surface area contributed by atoms with Crippen molar-refractivity contribution in [3.8, 4) is 6.07 Å². The van der Waals surface area contributed by atoms with E-state index in [1.165, 1.54) is 6.07 Å². The van der Waals surface area contributed by atoms with Crippen LogP contribution in [0.15, 0.2) is 24.3 Å². The van der Waals surface area contributed by atoms with Gasteiger partial charge in [0.1, 0.15) is 11.4 Å². The third-order valence-corrected chi connectivity index (χ3v) is 2.75. The summed E-state index contributed by atoms with van der Waals surface area (Å²) in [5.41, 5.74) is -0.327. The van der Waals surface area contributed by atoms with Crippen LogP contribution in [0, 0.1) is 23.1 Å². The highest BCUT2D eigenvalue weighted by Crippen LogP contribution is 2.23. The summed E-state index contributed by atoms with van der Waals surface area (Å²) in [6, 6.07) is 8.67. The normalized spacial score (nSPS) is 14.1. The van der Waals surface area contributed by atoms with E-state index in [0.717, 1.165) is 6.42 Å². The van der Waals surface area contributed by atoms with Crippen LogP contribution in [0.1, 0.15) is 33.6 Å². The Labute approximate surface area is 102 Å². The highest BCUT2D eigenvalue weighted by atomic mass is 19.1. The molecule has 0 aliphatic carbocycles. The number of benzene rings is 1. The molecule has 92 valence electrons. The van der Waals surface area contributed by atoms with Gasteiger partial charge in [-0.2, -0.15) is 5.26 Å². The smallest absolute Gasteiger partial charge is 0.146 e. The van der Waals surface area contributed by atoms with Crippen molar-refractivity contribution in [1.82, 2.24) is 0 Å². The van der Waals surface area contributed by atoms with Gasteiger partial charge in [-0.15, -0.1) is 0 Å². The van der Waals surface area contributed by atoms with E-state index in [1.54, 1.807) is 18.2 Å². The molecule has 17 heavy (non-hydrogen) atoms. The zero-order chi connectivity index (χ0) is 12.9. The number of halogens is 1. The molecule has 1 rings (SSSR count). The molecule has 0 fully saturated rings. The third-order valence-electron chi connectivity index (χ3n) is 2.75. The Kier molecular flexibility index (Phi) is 4.51. The minimum Gasteiger partial charge on any atom is -0.365 e. The fraction of sp³-hybridized carbons (Fsp3) is 0.500. The molecular weight excluding hydrogens is 215 g/mol. The van der Waals surface area contributed by atoms with Crippen molar-refractivity contribution >= 4 is 5.69 Å².